The van der Waals surface area contributed by atoms with Crippen LogP contribution in [0.1, 0.15) is 5.56 Å². The fourth-order valence-electron chi connectivity index (χ4n) is 1.57. The van der Waals surface area contributed by atoms with Crippen molar-refractivity contribution >= 4 is 0 Å². The Hall–Kier alpha value is -1.87. The summed E-state index contributed by atoms with van der Waals surface area (Å²) in [6.45, 7) is 0.0128. The molecular formula is C13H13NO2. The molecule has 0 fully saturated rings. The number of aliphatic hydroxyl groups is 1. The van der Waals surface area contributed by atoms with Gasteiger partial charge in [-0.05, 0) is 29.8 Å². The molecule has 1 heterocycles. The van der Waals surface area contributed by atoms with Crippen LogP contribution in [-0.2, 0) is 6.61 Å². The van der Waals surface area contributed by atoms with Crippen LogP contribution >= 0.6 is 0 Å². The topological polar surface area (TPSA) is 42.4 Å². The average molecular weight is 215 g/mol. The number of hydrogen-bond donors (Lipinski definition) is 1. The third-order valence-electron chi connectivity index (χ3n) is 2.39. The normalized spacial score (nSPS) is 10.1. The first kappa shape index (κ1) is 10.6. The van der Waals surface area contributed by atoms with Crippen molar-refractivity contribution in [3.63, 3.8) is 0 Å². The van der Waals surface area contributed by atoms with Crippen molar-refractivity contribution in [2.45, 2.75) is 6.61 Å². The molecule has 0 unspecified atom stereocenters. The van der Waals surface area contributed by atoms with Gasteiger partial charge in [0, 0.05) is 11.8 Å². The van der Waals surface area contributed by atoms with Gasteiger partial charge in [0.2, 0.25) is 0 Å². The van der Waals surface area contributed by atoms with Gasteiger partial charge in [0.15, 0.2) is 0 Å². The number of benzene rings is 1. The van der Waals surface area contributed by atoms with Gasteiger partial charge in [-0.15, -0.1) is 0 Å². The highest BCUT2D eigenvalue weighted by molar-refractivity contribution is 5.67. The highest BCUT2D eigenvalue weighted by atomic mass is 16.5. The van der Waals surface area contributed by atoms with Crippen LogP contribution in [0.15, 0.2) is 42.6 Å². The minimum atomic E-state index is 0.0128. The molecule has 2 rings (SSSR count). The molecule has 3 nitrogen and oxygen atoms in total. The third-order valence-corrected chi connectivity index (χ3v) is 2.39. The lowest BCUT2D eigenvalue weighted by Gasteiger charge is -2.09. The molecule has 2 aromatic rings. The van der Waals surface area contributed by atoms with Gasteiger partial charge in [-0.2, -0.15) is 0 Å². The van der Waals surface area contributed by atoms with Gasteiger partial charge in [0.1, 0.15) is 5.75 Å². The van der Waals surface area contributed by atoms with E-state index in [4.69, 9.17) is 9.84 Å². The molecule has 1 aromatic heterocycles. The standard InChI is InChI=1S/C13H13NO2/c1-16-13-8-10(9-15)5-6-11(13)12-4-2-3-7-14-12/h2-8,15H,9H2,1H3. The van der Waals surface area contributed by atoms with Crippen molar-refractivity contribution in [3.8, 4) is 17.0 Å². The first-order chi connectivity index (χ1) is 7.85. The molecule has 0 spiro atoms. The monoisotopic (exact) mass is 215 g/mol. The minimum Gasteiger partial charge on any atom is -0.496 e. The lowest BCUT2D eigenvalue weighted by Crippen LogP contribution is -1.92. The molecule has 0 amide bonds. The second-order valence-corrected chi connectivity index (χ2v) is 3.41. The quantitative estimate of drug-likeness (QED) is 0.853. The first-order valence-electron chi connectivity index (χ1n) is 5.04. The maximum absolute atomic E-state index is 9.05. The number of pyridine rings is 1. The Morgan fingerprint density at radius 1 is 1.25 bits per heavy atom. The number of aromatic nitrogens is 1. The van der Waals surface area contributed by atoms with E-state index in [2.05, 4.69) is 4.98 Å². The Morgan fingerprint density at radius 3 is 2.75 bits per heavy atom. The SMILES string of the molecule is COc1cc(CO)ccc1-c1ccccn1. The van der Waals surface area contributed by atoms with Crippen molar-refractivity contribution in [2.24, 2.45) is 0 Å². The van der Waals surface area contributed by atoms with E-state index >= 15 is 0 Å². The van der Waals surface area contributed by atoms with E-state index in [-0.39, 0.29) is 6.61 Å². The summed E-state index contributed by atoms with van der Waals surface area (Å²) in [6.07, 6.45) is 1.74. The Balaban J connectivity index is 2.49. The van der Waals surface area contributed by atoms with Crippen molar-refractivity contribution < 1.29 is 9.84 Å². The Morgan fingerprint density at radius 2 is 2.12 bits per heavy atom. The molecular weight excluding hydrogens is 202 g/mol. The lowest BCUT2D eigenvalue weighted by molar-refractivity contribution is 0.281. The van der Waals surface area contributed by atoms with E-state index in [1.807, 2.05) is 36.4 Å². The summed E-state index contributed by atoms with van der Waals surface area (Å²) in [5.41, 5.74) is 2.63. The molecule has 0 aliphatic carbocycles. The zero-order valence-corrected chi connectivity index (χ0v) is 9.05. The van der Waals surface area contributed by atoms with Crippen molar-refractivity contribution in [3.05, 3.63) is 48.2 Å². The fourth-order valence-corrected chi connectivity index (χ4v) is 1.57. The summed E-state index contributed by atoms with van der Waals surface area (Å²) >= 11 is 0. The van der Waals surface area contributed by atoms with E-state index in [1.165, 1.54) is 0 Å². The summed E-state index contributed by atoms with van der Waals surface area (Å²) in [7, 11) is 1.61. The molecule has 0 aliphatic rings. The molecule has 3 heteroatoms. The molecule has 1 N–H and O–H groups in total. The van der Waals surface area contributed by atoms with E-state index in [1.54, 1.807) is 13.3 Å². The number of rotatable bonds is 3. The summed E-state index contributed by atoms with van der Waals surface area (Å²) in [5.74, 6) is 0.727. The molecule has 0 radical (unpaired) electrons. The Labute approximate surface area is 94.3 Å². The zero-order chi connectivity index (χ0) is 11.4. The van der Waals surface area contributed by atoms with E-state index in [9.17, 15) is 0 Å². The molecule has 0 atom stereocenters. The summed E-state index contributed by atoms with van der Waals surface area (Å²) in [4.78, 5) is 4.27. The van der Waals surface area contributed by atoms with Crippen LogP contribution in [0.5, 0.6) is 5.75 Å². The van der Waals surface area contributed by atoms with Crippen LogP contribution in [0.25, 0.3) is 11.3 Å². The van der Waals surface area contributed by atoms with Crippen LogP contribution in [0.3, 0.4) is 0 Å². The molecule has 0 aliphatic heterocycles. The maximum Gasteiger partial charge on any atom is 0.128 e. The number of aliphatic hydroxyl groups excluding tert-OH is 1. The van der Waals surface area contributed by atoms with Crippen LogP contribution in [0.2, 0.25) is 0 Å². The summed E-state index contributed by atoms with van der Waals surface area (Å²) in [6, 6.07) is 11.3. The van der Waals surface area contributed by atoms with Gasteiger partial charge in [-0.3, -0.25) is 4.98 Å². The van der Waals surface area contributed by atoms with Gasteiger partial charge >= 0.3 is 0 Å². The van der Waals surface area contributed by atoms with Crippen LogP contribution in [0.4, 0.5) is 0 Å². The number of ether oxygens (including phenoxy) is 1. The van der Waals surface area contributed by atoms with Gasteiger partial charge in [-0.25, -0.2) is 0 Å². The van der Waals surface area contributed by atoms with Crippen LogP contribution < -0.4 is 4.74 Å². The van der Waals surface area contributed by atoms with Crippen LogP contribution in [-0.4, -0.2) is 17.2 Å². The second kappa shape index (κ2) is 4.77. The fraction of sp³-hybridized carbons (Fsp3) is 0.154. The smallest absolute Gasteiger partial charge is 0.128 e. The van der Waals surface area contributed by atoms with E-state index in [0.717, 1.165) is 22.6 Å². The predicted octanol–water partition coefficient (Wildman–Crippen LogP) is 2.25. The van der Waals surface area contributed by atoms with Crippen LogP contribution in [0, 0.1) is 0 Å². The molecule has 0 saturated heterocycles. The molecule has 82 valence electrons. The largest absolute Gasteiger partial charge is 0.496 e. The first-order valence-corrected chi connectivity index (χ1v) is 5.04. The van der Waals surface area contributed by atoms with Gasteiger partial charge in [0.05, 0.1) is 19.4 Å². The highest BCUT2D eigenvalue weighted by Crippen LogP contribution is 2.29. The molecule has 1 aromatic carbocycles. The van der Waals surface area contributed by atoms with E-state index in [0.29, 0.717) is 0 Å². The summed E-state index contributed by atoms with van der Waals surface area (Å²) in [5, 5.41) is 9.05. The number of hydrogen-bond acceptors (Lipinski definition) is 3. The second-order valence-electron chi connectivity index (χ2n) is 3.41. The third kappa shape index (κ3) is 2.04. The van der Waals surface area contributed by atoms with Crippen molar-refractivity contribution in [2.75, 3.05) is 7.11 Å². The Kier molecular flexibility index (Phi) is 3.17. The molecule has 16 heavy (non-hydrogen) atoms. The maximum atomic E-state index is 9.05. The van der Waals surface area contributed by atoms with Crippen molar-refractivity contribution in [1.82, 2.24) is 4.98 Å². The van der Waals surface area contributed by atoms with Gasteiger partial charge < -0.3 is 9.84 Å². The Bertz CT molecular complexity index is 469. The lowest BCUT2D eigenvalue weighted by atomic mass is 10.1. The van der Waals surface area contributed by atoms with Crippen molar-refractivity contribution in [1.29, 1.82) is 0 Å². The molecule has 0 bridgehead atoms. The predicted molar refractivity (Wildman–Crippen MR) is 62.1 cm³/mol. The number of methoxy groups -OCH3 is 1. The minimum absolute atomic E-state index is 0.0128. The van der Waals surface area contributed by atoms with Gasteiger partial charge in [0.25, 0.3) is 0 Å². The average Bonchev–Trinajstić information content (AvgIpc) is 2.39. The summed E-state index contributed by atoms with van der Waals surface area (Å²) < 4.78 is 5.29. The zero-order valence-electron chi connectivity index (χ0n) is 9.05. The molecule has 0 saturated carbocycles. The highest BCUT2D eigenvalue weighted by Gasteiger charge is 2.07. The van der Waals surface area contributed by atoms with Gasteiger partial charge in [-0.1, -0.05) is 12.1 Å². The number of nitrogens with zero attached hydrogens (tertiary/aromatic N) is 1. The van der Waals surface area contributed by atoms with E-state index < -0.39 is 0 Å².